The number of fused-ring (bicyclic) bond motifs is 1. The Hall–Kier alpha value is -2.21. The van der Waals surface area contributed by atoms with Crippen molar-refractivity contribution in [1.29, 1.82) is 0 Å². The fourth-order valence-electron chi connectivity index (χ4n) is 2.31. The highest BCUT2D eigenvalue weighted by Crippen LogP contribution is 2.28. The van der Waals surface area contributed by atoms with Gasteiger partial charge < -0.3 is 10.4 Å². The van der Waals surface area contributed by atoms with Gasteiger partial charge in [0.2, 0.25) is 0 Å². The van der Waals surface area contributed by atoms with Crippen molar-refractivity contribution in [1.82, 2.24) is 4.98 Å². The van der Waals surface area contributed by atoms with Crippen molar-refractivity contribution in [2.24, 2.45) is 0 Å². The first kappa shape index (κ1) is 15.2. The van der Waals surface area contributed by atoms with Crippen LogP contribution in [0.25, 0.3) is 10.9 Å². The zero-order valence-electron chi connectivity index (χ0n) is 12.2. The van der Waals surface area contributed by atoms with Gasteiger partial charge in [0.1, 0.15) is 0 Å². The first-order chi connectivity index (χ1) is 10.0. The number of aryl methyl sites for hydroxylation is 1. The molecule has 1 atom stereocenters. The van der Waals surface area contributed by atoms with Gasteiger partial charge in [-0.3, -0.25) is 15.1 Å². The second kappa shape index (κ2) is 6.49. The van der Waals surface area contributed by atoms with Crippen LogP contribution in [0.15, 0.2) is 24.3 Å². The van der Waals surface area contributed by atoms with Gasteiger partial charge >= 0.3 is 0 Å². The molecule has 112 valence electrons. The van der Waals surface area contributed by atoms with E-state index in [1.165, 1.54) is 6.07 Å². The Kier molecular flexibility index (Phi) is 4.70. The van der Waals surface area contributed by atoms with Crippen LogP contribution in [0.2, 0.25) is 0 Å². The van der Waals surface area contributed by atoms with Crippen LogP contribution in [0.4, 0.5) is 11.4 Å². The number of pyridine rings is 1. The monoisotopic (exact) mass is 289 g/mol. The second-order valence-corrected chi connectivity index (χ2v) is 5.18. The molecule has 0 aliphatic rings. The van der Waals surface area contributed by atoms with Crippen molar-refractivity contribution < 1.29 is 10.0 Å². The molecule has 6 heteroatoms. The van der Waals surface area contributed by atoms with E-state index < -0.39 is 4.92 Å². The van der Waals surface area contributed by atoms with E-state index in [1.54, 1.807) is 12.1 Å². The Labute approximate surface area is 123 Å². The number of nitrogens with one attached hydrogen (secondary N) is 1. The molecule has 1 aromatic heterocycles. The fourth-order valence-corrected chi connectivity index (χ4v) is 2.31. The minimum absolute atomic E-state index is 0.0548. The SMILES string of the molecule is Cc1cc(N[C@H](C)CCCO)c2cc([N+](=O)[O-])ccc2n1. The summed E-state index contributed by atoms with van der Waals surface area (Å²) in [6.07, 6.45) is 1.55. The molecule has 1 heterocycles. The van der Waals surface area contributed by atoms with E-state index in [2.05, 4.69) is 10.3 Å². The Morgan fingerprint density at radius 1 is 1.43 bits per heavy atom. The molecule has 0 aliphatic carbocycles. The highest BCUT2D eigenvalue weighted by atomic mass is 16.6. The Bertz CT molecular complexity index is 658. The minimum Gasteiger partial charge on any atom is -0.396 e. The van der Waals surface area contributed by atoms with Crippen molar-refractivity contribution in [3.05, 3.63) is 40.1 Å². The van der Waals surface area contributed by atoms with Gasteiger partial charge in [-0.15, -0.1) is 0 Å². The van der Waals surface area contributed by atoms with Crippen molar-refractivity contribution in [2.75, 3.05) is 11.9 Å². The number of rotatable bonds is 6. The summed E-state index contributed by atoms with van der Waals surface area (Å²) >= 11 is 0. The fraction of sp³-hybridized carbons (Fsp3) is 0.400. The Morgan fingerprint density at radius 3 is 2.86 bits per heavy atom. The van der Waals surface area contributed by atoms with Crippen LogP contribution in [-0.4, -0.2) is 27.7 Å². The summed E-state index contributed by atoms with van der Waals surface area (Å²) in [5, 5.41) is 23.9. The lowest BCUT2D eigenvalue weighted by atomic mass is 10.1. The number of aliphatic hydroxyl groups is 1. The van der Waals surface area contributed by atoms with E-state index in [9.17, 15) is 10.1 Å². The molecule has 1 aromatic carbocycles. The van der Waals surface area contributed by atoms with Gasteiger partial charge in [-0.25, -0.2) is 0 Å². The predicted octanol–water partition coefficient (Wildman–Crippen LogP) is 3.02. The lowest BCUT2D eigenvalue weighted by Crippen LogP contribution is -2.16. The highest BCUT2D eigenvalue weighted by Gasteiger charge is 2.12. The normalized spacial score (nSPS) is 12.3. The maximum atomic E-state index is 10.9. The summed E-state index contributed by atoms with van der Waals surface area (Å²) in [4.78, 5) is 14.9. The van der Waals surface area contributed by atoms with Crippen LogP contribution in [0, 0.1) is 17.0 Å². The van der Waals surface area contributed by atoms with Crippen LogP contribution in [0.1, 0.15) is 25.5 Å². The number of nitro groups is 1. The van der Waals surface area contributed by atoms with Crippen LogP contribution < -0.4 is 5.32 Å². The Morgan fingerprint density at radius 2 is 2.19 bits per heavy atom. The molecule has 0 fully saturated rings. The average Bonchev–Trinajstić information content (AvgIpc) is 2.44. The molecular formula is C15H19N3O3. The first-order valence-corrected chi connectivity index (χ1v) is 6.94. The van der Waals surface area contributed by atoms with Crippen LogP contribution in [0.5, 0.6) is 0 Å². The molecule has 0 radical (unpaired) electrons. The van der Waals surface area contributed by atoms with Crippen LogP contribution >= 0.6 is 0 Å². The maximum Gasteiger partial charge on any atom is 0.270 e. The predicted molar refractivity (Wildman–Crippen MR) is 82.5 cm³/mol. The van der Waals surface area contributed by atoms with Gasteiger partial charge in [0.25, 0.3) is 5.69 Å². The molecule has 0 amide bonds. The minimum atomic E-state index is -0.404. The van der Waals surface area contributed by atoms with E-state index in [4.69, 9.17) is 5.11 Å². The van der Waals surface area contributed by atoms with Crippen molar-refractivity contribution >= 4 is 22.3 Å². The summed E-state index contributed by atoms with van der Waals surface area (Å²) in [5.74, 6) is 0. The third-order valence-electron chi connectivity index (χ3n) is 3.33. The van der Waals surface area contributed by atoms with E-state index in [1.807, 2.05) is 19.9 Å². The number of benzene rings is 1. The maximum absolute atomic E-state index is 10.9. The zero-order valence-corrected chi connectivity index (χ0v) is 12.2. The number of hydrogen-bond donors (Lipinski definition) is 2. The van der Waals surface area contributed by atoms with Gasteiger partial charge in [0.05, 0.1) is 10.4 Å². The summed E-state index contributed by atoms with van der Waals surface area (Å²) in [6, 6.07) is 6.74. The molecule has 0 saturated carbocycles. The smallest absolute Gasteiger partial charge is 0.270 e. The molecule has 2 aromatic rings. The molecular weight excluding hydrogens is 270 g/mol. The molecule has 0 saturated heterocycles. The largest absolute Gasteiger partial charge is 0.396 e. The molecule has 2 N–H and O–H groups in total. The number of nitro benzene ring substituents is 1. The van der Waals surface area contributed by atoms with Crippen LogP contribution in [-0.2, 0) is 0 Å². The molecule has 2 rings (SSSR count). The number of aromatic nitrogens is 1. The van der Waals surface area contributed by atoms with Gasteiger partial charge in [-0.05, 0) is 38.8 Å². The van der Waals surface area contributed by atoms with E-state index in [0.717, 1.165) is 35.1 Å². The molecule has 0 unspecified atom stereocenters. The number of aliphatic hydroxyl groups excluding tert-OH is 1. The molecule has 6 nitrogen and oxygen atoms in total. The third kappa shape index (κ3) is 3.66. The summed E-state index contributed by atoms with van der Waals surface area (Å²) in [6.45, 7) is 4.08. The van der Waals surface area contributed by atoms with Gasteiger partial charge in [-0.1, -0.05) is 0 Å². The summed E-state index contributed by atoms with van der Waals surface area (Å²) < 4.78 is 0. The number of anilines is 1. The molecule has 0 spiro atoms. The average molecular weight is 289 g/mol. The summed E-state index contributed by atoms with van der Waals surface area (Å²) in [5.41, 5.74) is 2.48. The number of non-ortho nitro benzene ring substituents is 1. The molecule has 0 aliphatic heterocycles. The van der Waals surface area contributed by atoms with Gasteiger partial charge in [-0.2, -0.15) is 0 Å². The van der Waals surface area contributed by atoms with E-state index >= 15 is 0 Å². The van der Waals surface area contributed by atoms with E-state index in [0.29, 0.717) is 0 Å². The third-order valence-corrected chi connectivity index (χ3v) is 3.33. The topological polar surface area (TPSA) is 88.3 Å². The van der Waals surface area contributed by atoms with Crippen molar-refractivity contribution in [3.8, 4) is 0 Å². The van der Waals surface area contributed by atoms with Crippen LogP contribution in [0.3, 0.4) is 0 Å². The zero-order chi connectivity index (χ0) is 15.4. The van der Waals surface area contributed by atoms with Crippen molar-refractivity contribution in [2.45, 2.75) is 32.7 Å². The number of hydrogen-bond acceptors (Lipinski definition) is 5. The summed E-state index contributed by atoms with van der Waals surface area (Å²) in [7, 11) is 0. The lowest BCUT2D eigenvalue weighted by Gasteiger charge is -2.17. The van der Waals surface area contributed by atoms with Crippen molar-refractivity contribution in [3.63, 3.8) is 0 Å². The standard InChI is InChI=1S/C15H19N3O3/c1-10(4-3-7-19)16-15-8-11(2)17-14-6-5-12(18(20)21)9-13(14)15/h5-6,8-10,19H,3-4,7H2,1-2H3,(H,16,17)/t10-/m1/s1. The Balaban J connectivity index is 2.40. The number of nitrogens with zero attached hydrogens (tertiary/aromatic N) is 2. The first-order valence-electron chi connectivity index (χ1n) is 6.94. The quantitative estimate of drug-likeness (QED) is 0.630. The highest BCUT2D eigenvalue weighted by molar-refractivity contribution is 5.93. The van der Waals surface area contributed by atoms with Gasteiger partial charge in [0, 0.05) is 41.5 Å². The van der Waals surface area contributed by atoms with Gasteiger partial charge in [0.15, 0.2) is 0 Å². The van der Waals surface area contributed by atoms with E-state index in [-0.39, 0.29) is 18.3 Å². The second-order valence-electron chi connectivity index (χ2n) is 5.18. The molecule has 0 bridgehead atoms. The molecule has 21 heavy (non-hydrogen) atoms. The lowest BCUT2D eigenvalue weighted by molar-refractivity contribution is -0.384.